The first kappa shape index (κ1) is 20.2. The van der Waals surface area contributed by atoms with Crippen LogP contribution in [0, 0.1) is 0 Å². The van der Waals surface area contributed by atoms with Gasteiger partial charge in [-0.15, -0.1) is 0 Å². The summed E-state index contributed by atoms with van der Waals surface area (Å²) in [6, 6.07) is 16.7. The number of amides is 1. The van der Waals surface area contributed by atoms with Crippen molar-refractivity contribution >= 4 is 11.7 Å². The molecule has 2 aromatic carbocycles. The van der Waals surface area contributed by atoms with Crippen molar-refractivity contribution in [2.45, 2.75) is 50.6 Å². The molecule has 2 aromatic rings. The fourth-order valence-electron chi connectivity index (χ4n) is 4.64. The van der Waals surface area contributed by atoms with Gasteiger partial charge in [0.25, 0.3) is 5.91 Å². The molecule has 1 aliphatic carbocycles. The van der Waals surface area contributed by atoms with Crippen LogP contribution in [0.5, 0.6) is 5.75 Å². The molecule has 4 rings (SSSR count). The zero-order valence-electron chi connectivity index (χ0n) is 17.2. The lowest BCUT2D eigenvalue weighted by molar-refractivity contribution is -0.131. The van der Waals surface area contributed by atoms with Gasteiger partial charge in [-0.25, -0.2) is 0 Å². The van der Waals surface area contributed by atoms with Crippen molar-refractivity contribution in [1.82, 2.24) is 4.90 Å². The maximum absolute atomic E-state index is 13.2. The van der Waals surface area contributed by atoms with Crippen LogP contribution in [-0.2, 0) is 16.0 Å². The van der Waals surface area contributed by atoms with Crippen LogP contribution >= 0.6 is 0 Å². The second kappa shape index (κ2) is 8.74. The van der Waals surface area contributed by atoms with E-state index in [0.29, 0.717) is 12.2 Å². The number of carbonyl (C=O) groups is 2. The Morgan fingerprint density at radius 3 is 2.53 bits per heavy atom. The Morgan fingerprint density at radius 1 is 1.10 bits per heavy atom. The first-order valence-corrected chi connectivity index (χ1v) is 10.6. The van der Waals surface area contributed by atoms with E-state index in [1.807, 2.05) is 54.6 Å². The number of methoxy groups -OCH3 is 1. The minimum atomic E-state index is -0.570. The highest BCUT2D eigenvalue weighted by atomic mass is 16.5. The fraction of sp³-hybridized carbons (Fsp3) is 0.360. The third-order valence-corrected chi connectivity index (χ3v) is 6.16. The van der Waals surface area contributed by atoms with Crippen LogP contribution in [0.15, 0.2) is 65.9 Å². The lowest BCUT2D eigenvalue weighted by Crippen LogP contribution is -2.38. The topological polar surface area (TPSA) is 66.8 Å². The quantitative estimate of drug-likeness (QED) is 0.735. The number of rotatable bonds is 7. The van der Waals surface area contributed by atoms with Gasteiger partial charge in [0.05, 0.1) is 18.7 Å². The van der Waals surface area contributed by atoms with E-state index in [0.717, 1.165) is 36.8 Å². The van der Waals surface area contributed by atoms with Gasteiger partial charge in [0.15, 0.2) is 11.5 Å². The maximum atomic E-state index is 13.2. The number of aliphatic hydroxyl groups is 1. The Balaban J connectivity index is 1.67. The number of hydrogen-bond acceptors (Lipinski definition) is 4. The number of benzene rings is 2. The van der Waals surface area contributed by atoms with Crippen LogP contribution in [-0.4, -0.2) is 34.8 Å². The zero-order valence-corrected chi connectivity index (χ0v) is 17.2. The molecule has 5 heteroatoms. The largest absolute Gasteiger partial charge is 0.503 e. The third-order valence-electron chi connectivity index (χ3n) is 6.16. The highest BCUT2D eigenvalue weighted by Crippen LogP contribution is 2.43. The van der Waals surface area contributed by atoms with Crippen molar-refractivity contribution in [1.29, 1.82) is 0 Å². The van der Waals surface area contributed by atoms with Crippen molar-refractivity contribution in [3.8, 4) is 5.75 Å². The van der Waals surface area contributed by atoms with Crippen molar-refractivity contribution in [3.63, 3.8) is 0 Å². The Hall–Kier alpha value is -3.08. The third kappa shape index (κ3) is 3.84. The Kier molecular flexibility index (Phi) is 5.88. The van der Waals surface area contributed by atoms with Crippen LogP contribution < -0.4 is 4.74 Å². The molecule has 0 radical (unpaired) electrons. The summed E-state index contributed by atoms with van der Waals surface area (Å²) >= 11 is 0. The highest BCUT2D eigenvalue weighted by Gasteiger charge is 2.46. The second-order valence-corrected chi connectivity index (χ2v) is 8.00. The van der Waals surface area contributed by atoms with Crippen LogP contribution in [0.2, 0.25) is 0 Å². The zero-order chi connectivity index (χ0) is 21.1. The molecule has 1 N–H and O–H groups in total. The summed E-state index contributed by atoms with van der Waals surface area (Å²) < 4.78 is 5.36. The van der Waals surface area contributed by atoms with Gasteiger partial charge in [-0.1, -0.05) is 55.3 Å². The van der Waals surface area contributed by atoms with Crippen molar-refractivity contribution in [2.24, 2.45) is 0 Å². The summed E-state index contributed by atoms with van der Waals surface area (Å²) in [5.41, 5.74) is 2.07. The predicted octanol–water partition coefficient (Wildman–Crippen LogP) is 4.54. The first-order valence-electron chi connectivity index (χ1n) is 10.6. The maximum Gasteiger partial charge on any atom is 0.290 e. The van der Waals surface area contributed by atoms with E-state index in [9.17, 15) is 14.7 Å². The number of hydrogen-bond donors (Lipinski definition) is 1. The molecule has 0 bridgehead atoms. The van der Waals surface area contributed by atoms with Gasteiger partial charge in [0.2, 0.25) is 0 Å². The number of ketones is 1. The fourth-order valence-corrected chi connectivity index (χ4v) is 4.64. The van der Waals surface area contributed by atoms with Gasteiger partial charge in [-0.3, -0.25) is 9.59 Å². The Morgan fingerprint density at radius 2 is 1.83 bits per heavy atom. The van der Waals surface area contributed by atoms with E-state index in [1.54, 1.807) is 12.0 Å². The Labute approximate surface area is 177 Å². The van der Waals surface area contributed by atoms with E-state index >= 15 is 0 Å². The standard InChI is InChI=1S/C25H27NO4/c1-30-20-13-7-10-18(16-20)23-22(21(27)15-14-17-8-3-2-4-9-17)24(28)25(29)26(23)19-11-5-6-12-19/h2-4,7-10,13,16,19,23,28H,5-6,11-12,14-15H2,1H3. The SMILES string of the molecule is COc1cccc(C2C(C(=O)CCc3ccccc3)=C(O)C(=O)N2C2CCCC2)c1. The van der Waals surface area contributed by atoms with E-state index in [4.69, 9.17) is 4.74 Å². The molecule has 1 aliphatic heterocycles. The van der Waals surface area contributed by atoms with Gasteiger partial charge in [0, 0.05) is 12.5 Å². The molecule has 1 heterocycles. The molecule has 1 amide bonds. The summed E-state index contributed by atoms with van der Waals surface area (Å²) in [7, 11) is 1.59. The summed E-state index contributed by atoms with van der Waals surface area (Å²) in [5.74, 6) is -0.350. The van der Waals surface area contributed by atoms with E-state index in [-0.39, 0.29) is 23.8 Å². The first-order chi connectivity index (χ1) is 14.6. The number of carbonyl (C=O) groups excluding carboxylic acids is 2. The average molecular weight is 405 g/mol. The summed E-state index contributed by atoms with van der Waals surface area (Å²) in [6.45, 7) is 0. The van der Waals surface area contributed by atoms with E-state index in [1.165, 1.54) is 0 Å². The average Bonchev–Trinajstić information content (AvgIpc) is 3.40. The van der Waals surface area contributed by atoms with Crippen LogP contribution in [0.3, 0.4) is 0 Å². The lowest BCUT2D eigenvalue weighted by atomic mass is 9.92. The van der Waals surface area contributed by atoms with Crippen molar-refractivity contribution in [2.75, 3.05) is 7.11 Å². The van der Waals surface area contributed by atoms with Crippen LogP contribution in [0.25, 0.3) is 0 Å². The van der Waals surface area contributed by atoms with E-state index in [2.05, 4.69) is 0 Å². The van der Waals surface area contributed by atoms with Crippen molar-refractivity contribution in [3.05, 3.63) is 77.1 Å². The molecule has 1 atom stereocenters. The number of aliphatic hydroxyl groups excluding tert-OH is 1. The molecule has 1 unspecified atom stereocenters. The summed E-state index contributed by atoms with van der Waals surface area (Å²) in [4.78, 5) is 28.0. The molecule has 0 spiro atoms. The number of Topliss-reactive ketones (excluding diaryl/α,β-unsaturated/α-hetero) is 1. The number of ether oxygens (including phenoxy) is 1. The van der Waals surface area contributed by atoms with Crippen molar-refractivity contribution < 1.29 is 19.4 Å². The minimum absolute atomic E-state index is 0.0373. The molecule has 0 aromatic heterocycles. The number of nitrogens with zero attached hydrogens (tertiary/aromatic N) is 1. The normalized spacial score (nSPS) is 19.6. The molecule has 1 fully saturated rings. The number of aryl methyl sites for hydroxylation is 1. The van der Waals surface area contributed by atoms with Gasteiger partial charge in [0.1, 0.15) is 5.75 Å². The molecular weight excluding hydrogens is 378 g/mol. The molecule has 30 heavy (non-hydrogen) atoms. The van der Waals surface area contributed by atoms with Crippen LogP contribution in [0.1, 0.15) is 49.3 Å². The summed E-state index contributed by atoms with van der Waals surface area (Å²) in [5, 5.41) is 10.8. The smallest absolute Gasteiger partial charge is 0.290 e. The summed E-state index contributed by atoms with van der Waals surface area (Å²) in [6.07, 6.45) is 4.71. The van der Waals surface area contributed by atoms with Gasteiger partial charge < -0.3 is 14.7 Å². The molecule has 0 saturated heterocycles. The molecule has 156 valence electrons. The Bertz CT molecular complexity index is 960. The molecule has 5 nitrogen and oxygen atoms in total. The minimum Gasteiger partial charge on any atom is -0.503 e. The van der Waals surface area contributed by atoms with Gasteiger partial charge >= 0.3 is 0 Å². The molecule has 1 saturated carbocycles. The molecule has 2 aliphatic rings. The monoisotopic (exact) mass is 405 g/mol. The van der Waals surface area contributed by atoms with Crippen LogP contribution in [0.4, 0.5) is 0 Å². The lowest BCUT2D eigenvalue weighted by Gasteiger charge is -2.32. The van der Waals surface area contributed by atoms with E-state index < -0.39 is 17.7 Å². The van der Waals surface area contributed by atoms with Gasteiger partial charge in [-0.05, 0) is 42.5 Å². The van der Waals surface area contributed by atoms with Gasteiger partial charge in [-0.2, -0.15) is 0 Å². The highest BCUT2D eigenvalue weighted by molar-refractivity contribution is 6.09. The second-order valence-electron chi connectivity index (χ2n) is 8.00. The molecular formula is C25H27NO4. The predicted molar refractivity (Wildman–Crippen MR) is 114 cm³/mol.